The molecule has 2 heteroatoms. The van der Waals surface area contributed by atoms with Crippen molar-refractivity contribution in [2.45, 2.75) is 13.8 Å². The van der Waals surface area contributed by atoms with Crippen LogP contribution < -0.4 is 0 Å². The first-order valence-electron chi connectivity index (χ1n) is 7.55. The lowest BCUT2D eigenvalue weighted by molar-refractivity contribution is 0.672. The average Bonchev–Trinajstić information content (AvgIpc) is 3.05. The molecule has 0 bridgehead atoms. The molecule has 0 amide bonds. The minimum Gasteiger partial charge on any atom is -0.454 e. The lowest BCUT2D eigenvalue weighted by Gasteiger charge is -1.98. The van der Waals surface area contributed by atoms with E-state index in [2.05, 4.69) is 55.2 Å². The van der Waals surface area contributed by atoms with Crippen LogP contribution in [0.25, 0.3) is 43.7 Å². The third kappa shape index (κ3) is 1.39. The molecule has 106 valence electrons. The number of fused-ring (bicyclic) bond motifs is 7. The average molecular weight is 285 g/mol. The molecule has 5 rings (SSSR count). The number of aromatic nitrogens is 1. The second-order valence-electron chi connectivity index (χ2n) is 6.09. The van der Waals surface area contributed by atoms with E-state index < -0.39 is 0 Å². The normalized spacial score (nSPS) is 12.1. The number of rotatable bonds is 0. The van der Waals surface area contributed by atoms with Crippen LogP contribution in [0, 0.1) is 13.8 Å². The minimum absolute atomic E-state index is 0.941. The zero-order valence-electron chi connectivity index (χ0n) is 12.5. The molecule has 1 N–H and O–H groups in total. The monoisotopic (exact) mass is 285 g/mol. The van der Waals surface area contributed by atoms with Crippen molar-refractivity contribution >= 4 is 43.7 Å². The lowest BCUT2D eigenvalue weighted by atomic mass is 10.1. The smallest absolute Gasteiger partial charge is 0.159 e. The van der Waals surface area contributed by atoms with Gasteiger partial charge in [-0.25, -0.2) is 0 Å². The fourth-order valence-corrected chi connectivity index (χ4v) is 3.61. The largest absolute Gasteiger partial charge is 0.454 e. The van der Waals surface area contributed by atoms with Crippen LogP contribution in [0.1, 0.15) is 11.1 Å². The van der Waals surface area contributed by atoms with Crippen LogP contribution in [-0.4, -0.2) is 4.98 Å². The highest BCUT2D eigenvalue weighted by molar-refractivity contribution is 6.20. The van der Waals surface area contributed by atoms with Gasteiger partial charge < -0.3 is 9.40 Å². The molecule has 0 atom stereocenters. The summed E-state index contributed by atoms with van der Waals surface area (Å²) in [6, 6.07) is 17.1. The van der Waals surface area contributed by atoms with Gasteiger partial charge in [-0.15, -0.1) is 0 Å². The summed E-state index contributed by atoms with van der Waals surface area (Å²) in [6.07, 6.45) is 0. The summed E-state index contributed by atoms with van der Waals surface area (Å²) >= 11 is 0. The molecule has 0 unspecified atom stereocenters. The first-order valence-corrected chi connectivity index (χ1v) is 7.55. The van der Waals surface area contributed by atoms with E-state index in [0.29, 0.717) is 0 Å². The van der Waals surface area contributed by atoms with Crippen LogP contribution in [0.2, 0.25) is 0 Å². The number of nitrogens with one attached hydrogen (secondary N) is 1. The number of benzene rings is 3. The number of aromatic amines is 1. The summed E-state index contributed by atoms with van der Waals surface area (Å²) in [5.74, 6) is 0. The summed E-state index contributed by atoms with van der Waals surface area (Å²) in [5, 5.41) is 4.85. The Balaban J connectivity index is 2.06. The molecule has 0 saturated carbocycles. The molecule has 0 aliphatic heterocycles. The van der Waals surface area contributed by atoms with E-state index in [9.17, 15) is 0 Å². The fourth-order valence-electron chi connectivity index (χ4n) is 3.61. The molecular weight excluding hydrogens is 270 g/mol. The summed E-state index contributed by atoms with van der Waals surface area (Å²) in [6.45, 7) is 4.30. The van der Waals surface area contributed by atoms with Gasteiger partial charge in [0.05, 0.1) is 5.52 Å². The van der Waals surface area contributed by atoms with Crippen LogP contribution in [-0.2, 0) is 0 Å². The number of aryl methyl sites for hydroxylation is 2. The first-order chi connectivity index (χ1) is 10.7. The second kappa shape index (κ2) is 3.92. The maximum atomic E-state index is 6.13. The number of para-hydroxylation sites is 1. The van der Waals surface area contributed by atoms with Crippen molar-refractivity contribution in [2.75, 3.05) is 0 Å². The number of hydrogen-bond acceptors (Lipinski definition) is 1. The molecule has 0 aliphatic carbocycles. The van der Waals surface area contributed by atoms with Gasteiger partial charge in [0.2, 0.25) is 0 Å². The molecule has 22 heavy (non-hydrogen) atoms. The van der Waals surface area contributed by atoms with E-state index in [1.54, 1.807) is 0 Å². The quantitative estimate of drug-likeness (QED) is 0.380. The van der Waals surface area contributed by atoms with Crippen LogP contribution in [0.5, 0.6) is 0 Å². The zero-order valence-corrected chi connectivity index (χ0v) is 12.5. The first kappa shape index (κ1) is 11.9. The van der Waals surface area contributed by atoms with E-state index in [4.69, 9.17) is 4.42 Å². The number of furan rings is 1. The second-order valence-corrected chi connectivity index (χ2v) is 6.09. The Morgan fingerprint density at radius 1 is 0.773 bits per heavy atom. The molecular formula is C20H15NO. The third-order valence-electron chi connectivity index (χ3n) is 4.57. The van der Waals surface area contributed by atoms with Crippen LogP contribution in [0.4, 0.5) is 0 Å². The Hall–Kier alpha value is -2.74. The lowest BCUT2D eigenvalue weighted by Crippen LogP contribution is -1.78. The maximum Gasteiger partial charge on any atom is 0.159 e. The Kier molecular flexibility index (Phi) is 2.11. The van der Waals surface area contributed by atoms with Gasteiger partial charge in [-0.1, -0.05) is 35.9 Å². The predicted molar refractivity (Wildman–Crippen MR) is 92.6 cm³/mol. The molecule has 0 saturated heterocycles. The SMILES string of the molecule is Cc1cc(C)c2[nH]c3c(ccc4c5ccccc5oc43)c2c1. The van der Waals surface area contributed by atoms with E-state index >= 15 is 0 Å². The molecule has 5 aromatic rings. The summed E-state index contributed by atoms with van der Waals surface area (Å²) in [4.78, 5) is 3.58. The van der Waals surface area contributed by atoms with Gasteiger partial charge in [0.15, 0.2) is 5.58 Å². The minimum atomic E-state index is 0.941. The van der Waals surface area contributed by atoms with Crippen molar-refractivity contribution < 1.29 is 4.42 Å². The van der Waals surface area contributed by atoms with Gasteiger partial charge >= 0.3 is 0 Å². The summed E-state index contributed by atoms with van der Waals surface area (Å²) in [7, 11) is 0. The third-order valence-corrected chi connectivity index (χ3v) is 4.57. The molecule has 0 radical (unpaired) electrons. The summed E-state index contributed by atoms with van der Waals surface area (Å²) in [5.41, 5.74) is 6.75. The number of hydrogen-bond donors (Lipinski definition) is 1. The van der Waals surface area contributed by atoms with Crippen molar-refractivity contribution in [3.63, 3.8) is 0 Å². The van der Waals surface area contributed by atoms with Crippen LogP contribution >= 0.6 is 0 Å². The van der Waals surface area contributed by atoms with E-state index in [0.717, 1.165) is 16.7 Å². The van der Waals surface area contributed by atoms with E-state index in [1.807, 2.05) is 12.1 Å². The molecule has 2 aromatic heterocycles. The van der Waals surface area contributed by atoms with Crippen LogP contribution in [0.15, 0.2) is 52.9 Å². The van der Waals surface area contributed by atoms with Crippen molar-refractivity contribution in [1.82, 2.24) is 4.98 Å². The highest BCUT2D eigenvalue weighted by Crippen LogP contribution is 2.37. The van der Waals surface area contributed by atoms with Gasteiger partial charge in [-0.3, -0.25) is 0 Å². The van der Waals surface area contributed by atoms with Crippen LogP contribution in [0.3, 0.4) is 0 Å². The van der Waals surface area contributed by atoms with Gasteiger partial charge in [0, 0.05) is 27.1 Å². The molecule has 3 aromatic carbocycles. The maximum absolute atomic E-state index is 6.13. The Labute approximate surface area is 127 Å². The van der Waals surface area contributed by atoms with Crippen molar-refractivity contribution in [3.05, 3.63) is 59.7 Å². The van der Waals surface area contributed by atoms with Crippen molar-refractivity contribution in [3.8, 4) is 0 Å². The Morgan fingerprint density at radius 3 is 2.50 bits per heavy atom. The Bertz CT molecular complexity index is 1190. The Morgan fingerprint density at radius 2 is 1.59 bits per heavy atom. The molecule has 0 spiro atoms. The number of H-pyrrole nitrogens is 1. The van der Waals surface area contributed by atoms with Crippen molar-refractivity contribution in [2.24, 2.45) is 0 Å². The van der Waals surface area contributed by atoms with Gasteiger partial charge in [-0.2, -0.15) is 0 Å². The molecule has 2 heterocycles. The van der Waals surface area contributed by atoms with E-state index in [1.165, 1.54) is 38.2 Å². The molecule has 2 nitrogen and oxygen atoms in total. The van der Waals surface area contributed by atoms with Crippen molar-refractivity contribution in [1.29, 1.82) is 0 Å². The standard InChI is InChI=1S/C20H15NO/c1-11-9-12(2)18-16(10-11)14-7-8-15-13-5-3-4-6-17(13)22-20(15)19(14)21-18/h3-10,21H,1-2H3. The highest BCUT2D eigenvalue weighted by Gasteiger charge is 2.14. The highest BCUT2D eigenvalue weighted by atomic mass is 16.3. The van der Waals surface area contributed by atoms with Gasteiger partial charge in [0.1, 0.15) is 5.58 Å². The topological polar surface area (TPSA) is 28.9 Å². The predicted octanol–water partition coefficient (Wildman–Crippen LogP) is 5.84. The molecule has 0 aliphatic rings. The molecule has 0 fully saturated rings. The van der Waals surface area contributed by atoms with Gasteiger partial charge in [-0.05, 0) is 37.6 Å². The fraction of sp³-hybridized carbons (Fsp3) is 0.100. The van der Waals surface area contributed by atoms with E-state index in [-0.39, 0.29) is 0 Å². The summed E-state index contributed by atoms with van der Waals surface area (Å²) < 4.78 is 6.13. The zero-order chi connectivity index (χ0) is 14.8. The van der Waals surface area contributed by atoms with Gasteiger partial charge in [0.25, 0.3) is 0 Å².